The summed E-state index contributed by atoms with van der Waals surface area (Å²) in [5.74, 6) is -4.07. The summed E-state index contributed by atoms with van der Waals surface area (Å²) in [6.07, 6.45) is -0.374. The van der Waals surface area contributed by atoms with Crippen LogP contribution in [0.4, 0.5) is 5.69 Å². The van der Waals surface area contributed by atoms with Gasteiger partial charge in [0.25, 0.3) is 0 Å². The largest absolute Gasteiger partial charge is 0.469 e. The lowest BCUT2D eigenvalue weighted by atomic mass is 9.78. The maximum Gasteiger partial charge on any atom is 0.327 e. The Morgan fingerprint density at radius 1 is 1.15 bits per heavy atom. The van der Waals surface area contributed by atoms with E-state index in [-0.39, 0.29) is 13.0 Å². The first kappa shape index (κ1) is 19.5. The molecule has 9 heteroatoms. The lowest BCUT2D eigenvalue weighted by Gasteiger charge is -2.36. The maximum absolute atomic E-state index is 13.2. The van der Waals surface area contributed by atoms with Gasteiger partial charge in [0, 0.05) is 11.0 Å². The molecule has 0 bridgehead atoms. The van der Waals surface area contributed by atoms with Gasteiger partial charge in [0.1, 0.15) is 5.54 Å². The minimum Gasteiger partial charge on any atom is -0.469 e. The molecular formula is C18H19BrN2O6. The van der Waals surface area contributed by atoms with Crippen LogP contribution < -0.4 is 4.90 Å². The highest BCUT2D eigenvalue weighted by molar-refractivity contribution is 9.10. The number of imide groups is 1. The second kappa shape index (κ2) is 7.05. The van der Waals surface area contributed by atoms with Crippen LogP contribution in [-0.4, -0.2) is 62.0 Å². The molecule has 2 heterocycles. The highest BCUT2D eigenvalue weighted by Gasteiger charge is 2.68. The molecule has 3 rings (SSSR count). The molecule has 0 unspecified atom stereocenters. The quantitative estimate of drug-likeness (QED) is 0.510. The highest BCUT2D eigenvalue weighted by atomic mass is 79.9. The Morgan fingerprint density at radius 2 is 1.78 bits per heavy atom. The number of likely N-dealkylation sites (tertiary alicyclic amines) is 1. The fourth-order valence-electron chi connectivity index (χ4n) is 4.06. The Kier molecular flexibility index (Phi) is 5.09. The van der Waals surface area contributed by atoms with Crippen molar-refractivity contribution in [3.05, 3.63) is 28.7 Å². The molecule has 8 nitrogen and oxygen atoms in total. The van der Waals surface area contributed by atoms with Gasteiger partial charge in [-0.2, -0.15) is 0 Å². The molecule has 0 spiro atoms. The van der Waals surface area contributed by atoms with Crippen molar-refractivity contribution in [2.24, 2.45) is 11.8 Å². The van der Waals surface area contributed by atoms with E-state index < -0.39 is 41.1 Å². The van der Waals surface area contributed by atoms with Crippen LogP contribution in [0.3, 0.4) is 0 Å². The van der Waals surface area contributed by atoms with E-state index in [1.165, 1.54) is 14.2 Å². The van der Waals surface area contributed by atoms with Crippen LogP contribution in [0.5, 0.6) is 0 Å². The number of hydrogen-bond donors (Lipinski definition) is 0. The van der Waals surface area contributed by atoms with E-state index in [0.717, 1.165) is 9.37 Å². The smallest absolute Gasteiger partial charge is 0.327 e. The zero-order valence-corrected chi connectivity index (χ0v) is 16.7. The number of esters is 2. The molecule has 2 aliphatic heterocycles. The summed E-state index contributed by atoms with van der Waals surface area (Å²) in [7, 11) is 3.99. The first-order valence-corrected chi connectivity index (χ1v) is 9.07. The molecule has 0 aliphatic carbocycles. The Morgan fingerprint density at radius 3 is 2.33 bits per heavy atom. The van der Waals surface area contributed by atoms with Crippen molar-refractivity contribution >= 4 is 45.4 Å². The van der Waals surface area contributed by atoms with Gasteiger partial charge in [0.05, 0.1) is 38.2 Å². The molecule has 0 radical (unpaired) electrons. The van der Waals surface area contributed by atoms with Gasteiger partial charge in [-0.15, -0.1) is 0 Å². The number of likely N-dealkylation sites (N-methyl/N-ethyl adjacent to an activating group) is 1. The van der Waals surface area contributed by atoms with Gasteiger partial charge in [0.2, 0.25) is 11.8 Å². The summed E-state index contributed by atoms with van der Waals surface area (Å²) < 4.78 is 10.5. The Balaban J connectivity index is 2.07. The summed E-state index contributed by atoms with van der Waals surface area (Å²) in [5.41, 5.74) is -1.16. The zero-order valence-electron chi connectivity index (χ0n) is 15.1. The number of hydrogen-bond acceptors (Lipinski definition) is 7. The Hall–Kier alpha value is -2.26. The van der Waals surface area contributed by atoms with Gasteiger partial charge < -0.3 is 9.47 Å². The second-order valence-electron chi connectivity index (χ2n) is 6.62. The number of ether oxygens (including phenoxy) is 2. The van der Waals surface area contributed by atoms with Crippen molar-refractivity contribution in [3.8, 4) is 0 Å². The molecule has 144 valence electrons. The summed E-state index contributed by atoms with van der Waals surface area (Å²) >= 11 is 3.31. The van der Waals surface area contributed by atoms with E-state index in [4.69, 9.17) is 9.47 Å². The number of rotatable bonds is 4. The molecular weight excluding hydrogens is 420 g/mol. The molecule has 2 amide bonds. The van der Waals surface area contributed by atoms with Crippen molar-refractivity contribution in [3.63, 3.8) is 0 Å². The molecule has 1 aromatic rings. The number of carbonyl (C=O) groups excluding carboxylic acids is 4. The molecule has 3 atom stereocenters. The van der Waals surface area contributed by atoms with Crippen molar-refractivity contribution in [1.82, 2.24) is 4.90 Å². The van der Waals surface area contributed by atoms with Crippen molar-refractivity contribution in [1.29, 1.82) is 0 Å². The maximum atomic E-state index is 13.2. The van der Waals surface area contributed by atoms with Gasteiger partial charge >= 0.3 is 11.9 Å². The minimum absolute atomic E-state index is 0.161. The minimum atomic E-state index is -1.58. The van der Waals surface area contributed by atoms with E-state index in [2.05, 4.69) is 15.9 Å². The van der Waals surface area contributed by atoms with Crippen LogP contribution in [0, 0.1) is 11.8 Å². The van der Waals surface area contributed by atoms with Crippen LogP contribution in [0.2, 0.25) is 0 Å². The van der Waals surface area contributed by atoms with Crippen LogP contribution >= 0.6 is 15.9 Å². The van der Waals surface area contributed by atoms with Crippen molar-refractivity contribution in [2.45, 2.75) is 12.0 Å². The van der Waals surface area contributed by atoms with E-state index in [9.17, 15) is 19.2 Å². The van der Waals surface area contributed by atoms with Gasteiger partial charge in [-0.25, -0.2) is 4.90 Å². The highest BCUT2D eigenvalue weighted by Crippen LogP contribution is 2.48. The second-order valence-corrected chi connectivity index (χ2v) is 7.54. The summed E-state index contributed by atoms with van der Waals surface area (Å²) in [4.78, 5) is 53.6. The number of halogens is 1. The van der Waals surface area contributed by atoms with Crippen LogP contribution in [-0.2, 0) is 28.7 Å². The van der Waals surface area contributed by atoms with Crippen molar-refractivity contribution < 1.29 is 28.7 Å². The topological polar surface area (TPSA) is 93.2 Å². The summed E-state index contributed by atoms with van der Waals surface area (Å²) in [6, 6.07) is 6.73. The SMILES string of the molecule is COC(=O)C[C@@]1(C(=O)OC)[C@@H]2C(=O)N(c3ccc(Br)cc3)C(=O)[C@@H]2CN1C. The molecule has 27 heavy (non-hydrogen) atoms. The average molecular weight is 439 g/mol. The molecule has 2 aliphatic rings. The Bertz CT molecular complexity index is 811. The fourth-order valence-corrected chi connectivity index (χ4v) is 4.32. The van der Waals surface area contributed by atoms with Crippen molar-refractivity contribution in [2.75, 3.05) is 32.7 Å². The molecule has 1 aromatic carbocycles. The van der Waals surface area contributed by atoms with E-state index >= 15 is 0 Å². The number of fused-ring (bicyclic) bond motifs is 1. The predicted octanol–water partition coefficient (Wildman–Crippen LogP) is 0.975. The van der Waals surface area contributed by atoms with Crippen LogP contribution in [0.25, 0.3) is 0 Å². The zero-order chi connectivity index (χ0) is 19.9. The first-order chi connectivity index (χ1) is 12.8. The number of methoxy groups -OCH3 is 2. The standard InChI is InChI=1S/C18H19BrN2O6/c1-20-9-12-14(18(20,17(25)27-3)8-13(22)26-2)16(24)21(15(12)23)11-6-4-10(19)5-7-11/h4-7,12,14H,8-9H2,1-3H3/t12-,14+,18+/m1/s1. The van der Waals surface area contributed by atoms with Crippen LogP contribution in [0.1, 0.15) is 6.42 Å². The third kappa shape index (κ3) is 2.85. The monoisotopic (exact) mass is 438 g/mol. The molecule has 0 saturated carbocycles. The number of carbonyl (C=O) groups is 4. The third-order valence-corrected chi connectivity index (χ3v) is 5.89. The lowest BCUT2D eigenvalue weighted by molar-refractivity contribution is -0.163. The fraction of sp³-hybridized carbons (Fsp3) is 0.444. The number of nitrogens with zero attached hydrogens (tertiary/aromatic N) is 2. The molecule has 2 saturated heterocycles. The van der Waals surface area contributed by atoms with Crippen LogP contribution in [0.15, 0.2) is 28.7 Å². The number of benzene rings is 1. The van der Waals surface area contributed by atoms with E-state index in [1.807, 2.05) is 0 Å². The average Bonchev–Trinajstić information content (AvgIpc) is 3.08. The first-order valence-electron chi connectivity index (χ1n) is 8.27. The number of anilines is 1. The normalized spacial score (nSPS) is 27.6. The number of amides is 2. The Labute approximate surface area is 164 Å². The lowest BCUT2D eigenvalue weighted by Crippen LogP contribution is -2.57. The van der Waals surface area contributed by atoms with Gasteiger partial charge in [-0.1, -0.05) is 15.9 Å². The summed E-state index contributed by atoms with van der Waals surface area (Å²) in [6.45, 7) is 0.161. The molecule has 2 fully saturated rings. The third-order valence-electron chi connectivity index (χ3n) is 5.36. The van der Waals surface area contributed by atoms with E-state index in [0.29, 0.717) is 5.69 Å². The van der Waals surface area contributed by atoms with E-state index in [1.54, 1.807) is 36.2 Å². The van der Waals surface area contributed by atoms with Gasteiger partial charge in [-0.3, -0.25) is 24.1 Å². The molecule has 0 aromatic heterocycles. The van der Waals surface area contributed by atoms with Gasteiger partial charge in [-0.05, 0) is 31.3 Å². The molecule has 0 N–H and O–H groups in total. The van der Waals surface area contributed by atoms with Gasteiger partial charge in [0.15, 0.2) is 0 Å². The summed E-state index contributed by atoms with van der Waals surface area (Å²) in [5, 5.41) is 0. The predicted molar refractivity (Wildman–Crippen MR) is 97.6 cm³/mol.